The zero-order chi connectivity index (χ0) is 13.1. The molecule has 2 nitrogen and oxygen atoms in total. The Balaban J connectivity index is 2.28. The minimum absolute atomic E-state index is 0.152. The topological polar surface area (TPSA) is 21.3 Å². The number of ether oxygens (including phenoxy) is 1. The first-order valence-electron chi connectivity index (χ1n) is 6.03. The van der Waals surface area contributed by atoms with Crippen LogP contribution >= 0.6 is 11.6 Å². The lowest BCUT2D eigenvalue weighted by molar-refractivity contribution is 0.0396. The molecule has 100 valence electrons. The molecule has 0 aromatic heterocycles. The van der Waals surface area contributed by atoms with Crippen LogP contribution < -0.4 is 5.32 Å². The summed E-state index contributed by atoms with van der Waals surface area (Å²) in [6.45, 7) is 1.31. The molecule has 1 N–H and O–H groups in total. The summed E-state index contributed by atoms with van der Waals surface area (Å²) in [4.78, 5) is 0. The van der Waals surface area contributed by atoms with Crippen LogP contribution in [0.3, 0.4) is 0 Å². The molecular weight excluding hydrogens is 260 g/mol. The second kappa shape index (κ2) is 5.95. The number of hydrogen-bond acceptors (Lipinski definition) is 2. The van der Waals surface area contributed by atoms with Crippen LogP contribution in [0.15, 0.2) is 12.1 Å². The second-order valence-corrected chi connectivity index (χ2v) is 4.94. The molecular formula is C13H16ClF2NO. The maximum absolute atomic E-state index is 13.9. The zero-order valence-electron chi connectivity index (χ0n) is 10.2. The van der Waals surface area contributed by atoms with Gasteiger partial charge in [-0.15, -0.1) is 0 Å². The van der Waals surface area contributed by atoms with Crippen molar-refractivity contribution in [2.75, 3.05) is 20.3 Å². The summed E-state index contributed by atoms with van der Waals surface area (Å²) in [5, 5.41) is 2.86. The van der Waals surface area contributed by atoms with Crippen LogP contribution in [0.25, 0.3) is 0 Å². The highest BCUT2D eigenvalue weighted by Crippen LogP contribution is 2.32. The summed E-state index contributed by atoms with van der Waals surface area (Å²) in [6.07, 6.45) is 1.88. The summed E-state index contributed by atoms with van der Waals surface area (Å²) < 4.78 is 32.8. The Bertz CT molecular complexity index is 422. The predicted octanol–water partition coefficient (Wildman–Crippen LogP) is 3.31. The Kier molecular flexibility index (Phi) is 4.54. The molecule has 2 unspecified atom stereocenters. The van der Waals surface area contributed by atoms with E-state index < -0.39 is 11.6 Å². The van der Waals surface area contributed by atoms with Gasteiger partial charge in [-0.3, -0.25) is 0 Å². The fraction of sp³-hybridized carbons (Fsp3) is 0.538. The van der Waals surface area contributed by atoms with Gasteiger partial charge in [0, 0.05) is 24.1 Å². The van der Waals surface area contributed by atoms with Gasteiger partial charge in [0.2, 0.25) is 0 Å². The molecule has 1 aliphatic rings. The van der Waals surface area contributed by atoms with Crippen LogP contribution in [-0.2, 0) is 4.74 Å². The highest BCUT2D eigenvalue weighted by atomic mass is 35.5. The summed E-state index contributed by atoms with van der Waals surface area (Å²) in [5.41, 5.74) is 0.315. The Hall–Kier alpha value is -0.710. The van der Waals surface area contributed by atoms with E-state index in [0.29, 0.717) is 12.2 Å². The van der Waals surface area contributed by atoms with Gasteiger partial charge in [0.05, 0.1) is 11.6 Å². The van der Waals surface area contributed by atoms with Crippen molar-refractivity contribution in [2.45, 2.75) is 18.9 Å². The number of benzene rings is 1. The van der Waals surface area contributed by atoms with E-state index in [9.17, 15) is 8.78 Å². The zero-order valence-corrected chi connectivity index (χ0v) is 10.9. The molecule has 2 atom stereocenters. The standard InChI is InChI=1S/C13H16ClF2NO/c1-17-13(8-3-2-4-18-7-8)9-5-12(16)10(14)6-11(9)15/h5-6,8,13,17H,2-4,7H2,1H3. The predicted molar refractivity (Wildman–Crippen MR) is 66.7 cm³/mol. The number of halogens is 3. The molecule has 0 aliphatic carbocycles. The maximum atomic E-state index is 13.9. The van der Waals surface area contributed by atoms with Crippen LogP contribution in [0.1, 0.15) is 24.4 Å². The van der Waals surface area contributed by atoms with E-state index >= 15 is 0 Å². The third-order valence-corrected chi connectivity index (χ3v) is 3.64. The van der Waals surface area contributed by atoms with Gasteiger partial charge in [0.15, 0.2) is 0 Å². The van der Waals surface area contributed by atoms with E-state index in [0.717, 1.165) is 25.5 Å². The number of hydrogen-bond donors (Lipinski definition) is 1. The Morgan fingerprint density at radius 2 is 2.17 bits per heavy atom. The Morgan fingerprint density at radius 3 is 2.78 bits per heavy atom. The first-order chi connectivity index (χ1) is 8.63. The van der Waals surface area contributed by atoms with E-state index in [2.05, 4.69) is 5.32 Å². The molecule has 5 heteroatoms. The lowest BCUT2D eigenvalue weighted by atomic mass is 9.88. The fourth-order valence-electron chi connectivity index (χ4n) is 2.45. The average Bonchev–Trinajstić information content (AvgIpc) is 2.38. The minimum atomic E-state index is -0.593. The molecule has 0 saturated carbocycles. The van der Waals surface area contributed by atoms with E-state index in [4.69, 9.17) is 16.3 Å². The molecule has 1 heterocycles. The van der Waals surface area contributed by atoms with E-state index in [1.54, 1.807) is 7.05 Å². The molecule has 2 rings (SSSR count). The van der Waals surface area contributed by atoms with Crippen LogP contribution in [0.2, 0.25) is 5.02 Å². The number of rotatable bonds is 3. The van der Waals surface area contributed by atoms with Gasteiger partial charge in [-0.25, -0.2) is 8.78 Å². The number of nitrogens with one attached hydrogen (secondary N) is 1. The van der Waals surface area contributed by atoms with E-state index in [1.165, 1.54) is 6.07 Å². The summed E-state index contributed by atoms with van der Waals surface area (Å²) in [5.74, 6) is -0.921. The molecule has 0 bridgehead atoms. The summed E-state index contributed by atoms with van der Waals surface area (Å²) >= 11 is 5.56. The van der Waals surface area contributed by atoms with Crippen molar-refractivity contribution in [1.29, 1.82) is 0 Å². The van der Waals surface area contributed by atoms with Crippen LogP contribution in [0.5, 0.6) is 0 Å². The molecule has 1 aromatic rings. The van der Waals surface area contributed by atoms with Gasteiger partial charge in [0.1, 0.15) is 11.6 Å². The first kappa shape index (κ1) is 13.7. The highest BCUT2D eigenvalue weighted by Gasteiger charge is 2.27. The molecule has 0 amide bonds. The van der Waals surface area contributed by atoms with E-state index in [-0.39, 0.29) is 17.0 Å². The van der Waals surface area contributed by atoms with Crippen molar-refractivity contribution in [2.24, 2.45) is 5.92 Å². The SMILES string of the molecule is CNC(c1cc(F)c(Cl)cc1F)C1CCCOC1. The highest BCUT2D eigenvalue weighted by molar-refractivity contribution is 6.30. The minimum Gasteiger partial charge on any atom is -0.381 e. The van der Waals surface area contributed by atoms with Gasteiger partial charge in [-0.05, 0) is 32.0 Å². The quantitative estimate of drug-likeness (QED) is 0.855. The Labute approximate surface area is 110 Å². The van der Waals surface area contributed by atoms with Gasteiger partial charge in [-0.1, -0.05) is 11.6 Å². The lowest BCUT2D eigenvalue weighted by Crippen LogP contribution is -2.32. The van der Waals surface area contributed by atoms with Gasteiger partial charge in [0.25, 0.3) is 0 Å². The molecule has 1 saturated heterocycles. The van der Waals surface area contributed by atoms with Crippen molar-refractivity contribution in [3.05, 3.63) is 34.4 Å². The maximum Gasteiger partial charge on any atom is 0.142 e. The third kappa shape index (κ3) is 2.82. The molecule has 0 radical (unpaired) electrons. The van der Waals surface area contributed by atoms with Crippen LogP contribution in [0.4, 0.5) is 8.78 Å². The molecule has 1 fully saturated rings. The summed E-state index contributed by atoms with van der Waals surface area (Å²) in [6, 6.07) is 1.95. The molecule has 1 aromatic carbocycles. The van der Waals surface area contributed by atoms with Crippen LogP contribution in [-0.4, -0.2) is 20.3 Å². The van der Waals surface area contributed by atoms with E-state index in [1.807, 2.05) is 0 Å². The average molecular weight is 276 g/mol. The molecule has 0 spiro atoms. The summed E-state index contributed by atoms with van der Waals surface area (Å²) in [7, 11) is 1.74. The van der Waals surface area contributed by atoms with Crippen molar-refractivity contribution in [3.8, 4) is 0 Å². The normalized spacial score (nSPS) is 21.9. The van der Waals surface area contributed by atoms with Gasteiger partial charge >= 0.3 is 0 Å². The lowest BCUT2D eigenvalue weighted by Gasteiger charge is -2.30. The largest absolute Gasteiger partial charge is 0.381 e. The molecule has 1 aliphatic heterocycles. The van der Waals surface area contributed by atoms with Crippen molar-refractivity contribution in [1.82, 2.24) is 5.32 Å². The van der Waals surface area contributed by atoms with Crippen molar-refractivity contribution >= 4 is 11.6 Å². The second-order valence-electron chi connectivity index (χ2n) is 4.53. The monoisotopic (exact) mass is 275 g/mol. The smallest absolute Gasteiger partial charge is 0.142 e. The van der Waals surface area contributed by atoms with Crippen molar-refractivity contribution in [3.63, 3.8) is 0 Å². The molecule has 18 heavy (non-hydrogen) atoms. The van der Waals surface area contributed by atoms with Crippen LogP contribution in [0, 0.1) is 17.6 Å². The van der Waals surface area contributed by atoms with Gasteiger partial charge in [-0.2, -0.15) is 0 Å². The first-order valence-corrected chi connectivity index (χ1v) is 6.40. The fourth-order valence-corrected chi connectivity index (χ4v) is 2.60. The third-order valence-electron chi connectivity index (χ3n) is 3.35. The van der Waals surface area contributed by atoms with Gasteiger partial charge < -0.3 is 10.1 Å². The van der Waals surface area contributed by atoms with Crippen molar-refractivity contribution < 1.29 is 13.5 Å². The Morgan fingerprint density at radius 1 is 1.39 bits per heavy atom.